The Morgan fingerprint density at radius 3 is 2.55 bits per heavy atom. The van der Waals surface area contributed by atoms with E-state index in [1.54, 1.807) is 0 Å². The van der Waals surface area contributed by atoms with Crippen LogP contribution in [0.1, 0.15) is 23.3 Å². The maximum atomic E-state index is 11.7. The Balaban J connectivity index is 2.48. The summed E-state index contributed by atoms with van der Waals surface area (Å²) in [6.07, 6.45) is 0.525. The molecule has 0 saturated carbocycles. The molecule has 2 aromatic rings. The van der Waals surface area contributed by atoms with Crippen LogP contribution in [-0.4, -0.2) is 23.0 Å². The number of hydrogen-bond acceptors (Lipinski definition) is 6. The van der Waals surface area contributed by atoms with Crippen molar-refractivity contribution < 1.29 is 18.9 Å². The monoisotopic (exact) mass is 276 g/mol. The number of nitro benzene ring substituents is 1. The highest BCUT2D eigenvalue weighted by Gasteiger charge is 2.22. The van der Waals surface area contributed by atoms with Crippen molar-refractivity contribution in [3.05, 3.63) is 46.0 Å². The van der Waals surface area contributed by atoms with Gasteiger partial charge in [-0.25, -0.2) is 9.78 Å². The number of esters is 1. The van der Waals surface area contributed by atoms with Crippen LogP contribution in [0.2, 0.25) is 0 Å². The number of aryl methyl sites for hydroxylation is 1. The summed E-state index contributed by atoms with van der Waals surface area (Å²) >= 11 is 0. The van der Waals surface area contributed by atoms with E-state index in [1.807, 2.05) is 6.92 Å². The van der Waals surface area contributed by atoms with Crippen molar-refractivity contribution in [2.45, 2.75) is 13.3 Å². The van der Waals surface area contributed by atoms with Crippen LogP contribution < -0.4 is 0 Å². The zero-order valence-electron chi connectivity index (χ0n) is 11.0. The minimum atomic E-state index is -0.609. The lowest BCUT2D eigenvalue weighted by Crippen LogP contribution is -2.03. The van der Waals surface area contributed by atoms with Gasteiger partial charge in [-0.2, -0.15) is 0 Å². The summed E-state index contributed by atoms with van der Waals surface area (Å²) < 4.78 is 10.1. The van der Waals surface area contributed by atoms with Crippen LogP contribution in [0.4, 0.5) is 5.69 Å². The first-order valence-electron chi connectivity index (χ1n) is 5.89. The number of aromatic nitrogens is 1. The number of carbonyl (C=O) groups excluding carboxylic acids is 1. The summed E-state index contributed by atoms with van der Waals surface area (Å²) in [5, 5.41) is 10.6. The third-order valence-corrected chi connectivity index (χ3v) is 2.69. The van der Waals surface area contributed by atoms with Gasteiger partial charge in [0.15, 0.2) is 17.3 Å². The SMILES string of the molecule is CCc1nc(C(=O)OC)c(-c2ccc([N+](=O)[O-])cc2)o1. The molecule has 0 aliphatic heterocycles. The molecule has 0 aliphatic rings. The molecule has 0 bridgehead atoms. The maximum Gasteiger partial charge on any atom is 0.360 e. The van der Waals surface area contributed by atoms with E-state index in [2.05, 4.69) is 9.72 Å². The van der Waals surface area contributed by atoms with E-state index in [0.29, 0.717) is 17.9 Å². The van der Waals surface area contributed by atoms with Crippen molar-refractivity contribution in [2.24, 2.45) is 0 Å². The highest BCUT2D eigenvalue weighted by molar-refractivity contribution is 5.93. The van der Waals surface area contributed by atoms with E-state index in [4.69, 9.17) is 4.42 Å². The third kappa shape index (κ3) is 2.51. The van der Waals surface area contributed by atoms with E-state index in [9.17, 15) is 14.9 Å². The van der Waals surface area contributed by atoms with Crippen LogP contribution in [0, 0.1) is 10.1 Å². The lowest BCUT2D eigenvalue weighted by atomic mass is 10.1. The Morgan fingerprint density at radius 1 is 1.40 bits per heavy atom. The zero-order valence-corrected chi connectivity index (χ0v) is 11.0. The van der Waals surface area contributed by atoms with Crippen LogP contribution in [0.15, 0.2) is 28.7 Å². The van der Waals surface area contributed by atoms with Gasteiger partial charge >= 0.3 is 5.97 Å². The van der Waals surface area contributed by atoms with Gasteiger partial charge in [-0.15, -0.1) is 0 Å². The molecule has 0 radical (unpaired) electrons. The summed E-state index contributed by atoms with van der Waals surface area (Å²) in [5.74, 6) is 0.0455. The average Bonchev–Trinajstić information content (AvgIpc) is 2.90. The predicted molar refractivity (Wildman–Crippen MR) is 69.3 cm³/mol. The lowest BCUT2D eigenvalue weighted by molar-refractivity contribution is -0.384. The Morgan fingerprint density at radius 2 is 2.05 bits per heavy atom. The number of nitrogens with zero attached hydrogens (tertiary/aromatic N) is 2. The summed E-state index contributed by atoms with van der Waals surface area (Å²) in [6, 6.07) is 5.68. The van der Waals surface area contributed by atoms with Gasteiger partial charge in [0.1, 0.15) is 0 Å². The molecular formula is C13H12N2O5. The zero-order chi connectivity index (χ0) is 14.7. The summed E-state index contributed by atoms with van der Waals surface area (Å²) in [5.41, 5.74) is 0.560. The molecule has 1 aromatic carbocycles. The van der Waals surface area contributed by atoms with Crippen LogP contribution in [0.25, 0.3) is 11.3 Å². The van der Waals surface area contributed by atoms with Crippen molar-refractivity contribution in [3.8, 4) is 11.3 Å². The molecule has 0 aliphatic carbocycles. The van der Waals surface area contributed by atoms with E-state index in [-0.39, 0.29) is 17.1 Å². The Bertz CT molecular complexity index is 645. The van der Waals surface area contributed by atoms with Gasteiger partial charge in [-0.1, -0.05) is 6.92 Å². The van der Waals surface area contributed by atoms with Crippen molar-refractivity contribution in [3.63, 3.8) is 0 Å². The Labute approximate surface area is 114 Å². The van der Waals surface area contributed by atoms with Crippen LogP contribution in [-0.2, 0) is 11.2 Å². The van der Waals surface area contributed by atoms with E-state index >= 15 is 0 Å². The quantitative estimate of drug-likeness (QED) is 0.484. The fraction of sp³-hybridized carbons (Fsp3) is 0.231. The molecule has 0 unspecified atom stereocenters. The third-order valence-electron chi connectivity index (χ3n) is 2.69. The second-order valence-electron chi connectivity index (χ2n) is 3.93. The fourth-order valence-corrected chi connectivity index (χ4v) is 1.68. The molecule has 1 heterocycles. The molecule has 0 atom stereocenters. The van der Waals surface area contributed by atoms with Crippen LogP contribution >= 0.6 is 0 Å². The molecule has 104 valence electrons. The number of ether oxygens (including phenoxy) is 1. The molecule has 2 rings (SSSR count). The fourth-order valence-electron chi connectivity index (χ4n) is 1.68. The second-order valence-corrected chi connectivity index (χ2v) is 3.93. The lowest BCUT2D eigenvalue weighted by Gasteiger charge is -1.99. The molecule has 0 spiro atoms. The number of non-ortho nitro benzene ring substituents is 1. The van der Waals surface area contributed by atoms with Gasteiger partial charge in [-0.05, 0) is 12.1 Å². The molecular weight excluding hydrogens is 264 g/mol. The molecule has 20 heavy (non-hydrogen) atoms. The number of hydrogen-bond donors (Lipinski definition) is 0. The largest absolute Gasteiger partial charge is 0.464 e. The first-order valence-corrected chi connectivity index (χ1v) is 5.89. The van der Waals surface area contributed by atoms with Gasteiger partial charge in [0, 0.05) is 24.1 Å². The first kappa shape index (κ1) is 13.7. The summed E-state index contributed by atoms with van der Waals surface area (Å²) in [4.78, 5) is 25.8. The van der Waals surface area contributed by atoms with E-state index in [0.717, 1.165) is 0 Å². The number of nitro groups is 1. The van der Waals surface area contributed by atoms with Gasteiger partial charge in [0.05, 0.1) is 12.0 Å². The number of carbonyl (C=O) groups is 1. The van der Waals surface area contributed by atoms with Crippen molar-refractivity contribution in [2.75, 3.05) is 7.11 Å². The Kier molecular flexibility index (Phi) is 3.79. The topological polar surface area (TPSA) is 95.5 Å². The summed E-state index contributed by atoms with van der Waals surface area (Å²) in [7, 11) is 1.25. The second kappa shape index (κ2) is 5.52. The van der Waals surface area contributed by atoms with Crippen molar-refractivity contribution in [1.29, 1.82) is 0 Å². The van der Waals surface area contributed by atoms with Crippen LogP contribution in [0.3, 0.4) is 0 Å². The standard InChI is InChI=1S/C13H12N2O5/c1-3-10-14-11(13(16)19-2)12(20-10)8-4-6-9(7-5-8)15(17)18/h4-7H,3H2,1-2H3. The van der Waals surface area contributed by atoms with Gasteiger partial charge in [0.2, 0.25) is 0 Å². The normalized spacial score (nSPS) is 10.3. The minimum Gasteiger partial charge on any atom is -0.464 e. The molecule has 0 fully saturated rings. The molecule has 0 N–H and O–H groups in total. The number of rotatable bonds is 4. The first-order chi connectivity index (χ1) is 9.56. The van der Waals surface area contributed by atoms with Crippen molar-refractivity contribution in [1.82, 2.24) is 4.98 Å². The summed E-state index contributed by atoms with van der Waals surface area (Å²) in [6.45, 7) is 1.84. The molecule has 1 aromatic heterocycles. The van der Waals surface area contributed by atoms with Crippen LogP contribution in [0.5, 0.6) is 0 Å². The predicted octanol–water partition coefficient (Wildman–Crippen LogP) is 2.60. The van der Waals surface area contributed by atoms with Crippen molar-refractivity contribution >= 4 is 11.7 Å². The molecule has 0 saturated heterocycles. The minimum absolute atomic E-state index is 0.0383. The number of oxazole rings is 1. The highest BCUT2D eigenvalue weighted by atomic mass is 16.6. The average molecular weight is 276 g/mol. The van der Waals surface area contributed by atoms with Gasteiger partial charge in [0.25, 0.3) is 5.69 Å². The Hall–Kier alpha value is -2.70. The molecule has 7 nitrogen and oxygen atoms in total. The molecule has 0 amide bonds. The number of methoxy groups -OCH3 is 1. The van der Waals surface area contributed by atoms with E-state index < -0.39 is 10.9 Å². The number of benzene rings is 1. The maximum absolute atomic E-state index is 11.7. The van der Waals surface area contributed by atoms with E-state index in [1.165, 1.54) is 31.4 Å². The van der Waals surface area contributed by atoms with Gasteiger partial charge < -0.3 is 9.15 Å². The molecule has 7 heteroatoms. The smallest absolute Gasteiger partial charge is 0.360 e. The van der Waals surface area contributed by atoms with Gasteiger partial charge in [-0.3, -0.25) is 10.1 Å². The highest BCUT2D eigenvalue weighted by Crippen LogP contribution is 2.27.